The second-order valence-electron chi connectivity index (χ2n) is 8.68. The van der Waals surface area contributed by atoms with Crippen molar-refractivity contribution in [2.24, 2.45) is 0 Å². The van der Waals surface area contributed by atoms with Crippen molar-refractivity contribution in [1.29, 1.82) is 0 Å². The van der Waals surface area contributed by atoms with E-state index in [1.807, 2.05) is 54.6 Å². The number of carbonyl (C=O) groups excluding carboxylic acids is 1. The lowest BCUT2D eigenvalue weighted by atomic mass is 10.1. The molecule has 1 fully saturated rings. The molecule has 0 radical (unpaired) electrons. The molecule has 0 bridgehead atoms. The first-order valence-corrected chi connectivity index (χ1v) is 13.7. The van der Waals surface area contributed by atoms with Crippen molar-refractivity contribution in [3.8, 4) is 22.8 Å². The summed E-state index contributed by atoms with van der Waals surface area (Å²) in [6, 6.07) is 22.1. The molecule has 1 aliphatic heterocycles. The SMILES string of the molecule is O=C(Nc1ccc(-c2nc(-c3cccc(Cl)c3)n[nH]2)cc1)c1cccc(CN2CCS(=O)(=O)CC2)c1. The molecule has 184 valence electrons. The summed E-state index contributed by atoms with van der Waals surface area (Å²) in [7, 11) is -2.92. The molecule has 0 spiro atoms. The van der Waals surface area contributed by atoms with Crippen LogP contribution in [-0.4, -0.2) is 59.0 Å². The number of carbonyl (C=O) groups is 1. The summed E-state index contributed by atoms with van der Waals surface area (Å²) in [6.45, 7) is 1.63. The van der Waals surface area contributed by atoms with Crippen LogP contribution < -0.4 is 5.32 Å². The molecule has 36 heavy (non-hydrogen) atoms. The molecule has 1 aromatic heterocycles. The highest BCUT2D eigenvalue weighted by molar-refractivity contribution is 7.91. The van der Waals surface area contributed by atoms with Gasteiger partial charge < -0.3 is 5.32 Å². The van der Waals surface area contributed by atoms with Crippen LogP contribution >= 0.6 is 11.6 Å². The number of nitrogens with zero attached hydrogens (tertiary/aromatic N) is 3. The molecule has 2 heterocycles. The van der Waals surface area contributed by atoms with Crippen LogP contribution in [-0.2, 0) is 16.4 Å². The maximum Gasteiger partial charge on any atom is 0.255 e. The van der Waals surface area contributed by atoms with Gasteiger partial charge in [-0.05, 0) is 54.1 Å². The fourth-order valence-corrected chi connectivity index (χ4v) is 5.51. The van der Waals surface area contributed by atoms with Crippen molar-refractivity contribution in [3.63, 3.8) is 0 Å². The summed E-state index contributed by atoms with van der Waals surface area (Å²) >= 11 is 6.06. The zero-order valence-electron chi connectivity index (χ0n) is 19.3. The highest BCUT2D eigenvalue weighted by atomic mass is 35.5. The lowest BCUT2D eigenvalue weighted by Crippen LogP contribution is -2.39. The van der Waals surface area contributed by atoms with E-state index in [1.165, 1.54) is 0 Å². The highest BCUT2D eigenvalue weighted by Gasteiger charge is 2.21. The van der Waals surface area contributed by atoms with Gasteiger partial charge in [-0.25, -0.2) is 13.4 Å². The van der Waals surface area contributed by atoms with Gasteiger partial charge in [0, 0.05) is 47.0 Å². The number of hydrogen-bond donors (Lipinski definition) is 2. The number of halogens is 1. The van der Waals surface area contributed by atoms with Gasteiger partial charge in [-0.3, -0.25) is 14.8 Å². The summed E-state index contributed by atoms with van der Waals surface area (Å²) < 4.78 is 23.3. The van der Waals surface area contributed by atoms with Crippen LogP contribution in [0.25, 0.3) is 22.8 Å². The van der Waals surface area contributed by atoms with Crippen LogP contribution in [0.5, 0.6) is 0 Å². The molecule has 5 rings (SSSR count). The smallest absolute Gasteiger partial charge is 0.255 e. The Hall–Kier alpha value is -3.53. The minimum absolute atomic E-state index is 0.180. The zero-order valence-corrected chi connectivity index (χ0v) is 20.9. The Balaban J connectivity index is 1.22. The molecule has 0 aliphatic carbocycles. The number of aromatic nitrogens is 3. The molecule has 8 nitrogen and oxygen atoms in total. The second kappa shape index (κ2) is 10.2. The van der Waals surface area contributed by atoms with Crippen LogP contribution in [0, 0.1) is 0 Å². The quantitative estimate of drug-likeness (QED) is 0.392. The number of nitrogens with one attached hydrogen (secondary N) is 2. The average molecular weight is 522 g/mol. The molecular formula is C26H24ClN5O3S. The number of rotatable bonds is 6. The third-order valence-corrected chi connectivity index (χ3v) is 7.86. The molecule has 10 heteroatoms. The monoisotopic (exact) mass is 521 g/mol. The molecular weight excluding hydrogens is 498 g/mol. The molecule has 3 aromatic carbocycles. The molecule has 2 N–H and O–H groups in total. The van der Waals surface area contributed by atoms with Gasteiger partial charge in [0.25, 0.3) is 5.91 Å². The fourth-order valence-electron chi connectivity index (χ4n) is 4.04. The first-order valence-electron chi connectivity index (χ1n) is 11.5. The minimum atomic E-state index is -2.92. The van der Waals surface area contributed by atoms with Crippen LogP contribution in [0.4, 0.5) is 5.69 Å². The van der Waals surface area contributed by atoms with E-state index in [0.717, 1.165) is 16.7 Å². The third-order valence-electron chi connectivity index (χ3n) is 6.02. The van der Waals surface area contributed by atoms with E-state index in [2.05, 4.69) is 25.4 Å². The van der Waals surface area contributed by atoms with E-state index in [-0.39, 0.29) is 17.4 Å². The van der Waals surface area contributed by atoms with Crippen molar-refractivity contribution < 1.29 is 13.2 Å². The van der Waals surface area contributed by atoms with E-state index >= 15 is 0 Å². The van der Waals surface area contributed by atoms with Crippen molar-refractivity contribution in [2.75, 3.05) is 29.9 Å². The number of anilines is 1. The van der Waals surface area contributed by atoms with Gasteiger partial charge >= 0.3 is 0 Å². The summed E-state index contributed by atoms with van der Waals surface area (Å²) in [5.41, 5.74) is 3.83. The molecule has 1 saturated heterocycles. The van der Waals surface area contributed by atoms with Crippen LogP contribution in [0.2, 0.25) is 5.02 Å². The van der Waals surface area contributed by atoms with Crippen LogP contribution in [0.1, 0.15) is 15.9 Å². The number of benzene rings is 3. The van der Waals surface area contributed by atoms with Crippen molar-refractivity contribution in [3.05, 3.63) is 88.9 Å². The maximum absolute atomic E-state index is 12.8. The number of H-pyrrole nitrogens is 1. The van der Waals surface area contributed by atoms with Crippen molar-refractivity contribution >= 4 is 33.0 Å². The first kappa shape index (κ1) is 24.2. The lowest BCUT2D eigenvalue weighted by Gasteiger charge is -2.26. The fraction of sp³-hybridized carbons (Fsp3) is 0.192. The molecule has 1 amide bonds. The Bertz CT molecular complexity index is 1490. The average Bonchev–Trinajstić information content (AvgIpc) is 3.37. The van der Waals surface area contributed by atoms with Gasteiger partial charge in [-0.2, -0.15) is 5.10 Å². The van der Waals surface area contributed by atoms with E-state index < -0.39 is 9.84 Å². The Kier molecular flexibility index (Phi) is 6.86. The lowest BCUT2D eigenvalue weighted by molar-refractivity contribution is 0.102. The topological polar surface area (TPSA) is 108 Å². The molecule has 4 aromatic rings. The van der Waals surface area contributed by atoms with Gasteiger partial charge in [0.15, 0.2) is 21.5 Å². The maximum atomic E-state index is 12.8. The third kappa shape index (κ3) is 5.81. The first-order chi connectivity index (χ1) is 17.3. The minimum Gasteiger partial charge on any atom is -0.322 e. The number of sulfone groups is 1. The molecule has 0 unspecified atom stereocenters. The molecule has 0 atom stereocenters. The van der Waals surface area contributed by atoms with E-state index in [9.17, 15) is 13.2 Å². The Labute approximate surface area is 214 Å². The molecule has 1 aliphatic rings. The van der Waals surface area contributed by atoms with Gasteiger partial charge in [0.2, 0.25) is 0 Å². The van der Waals surface area contributed by atoms with E-state index in [1.54, 1.807) is 18.2 Å². The number of amides is 1. The largest absolute Gasteiger partial charge is 0.322 e. The second-order valence-corrected chi connectivity index (χ2v) is 11.4. The normalized spacial score (nSPS) is 15.5. The highest BCUT2D eigenvalue weighted by Crippen LogP contribution is 2.23. The van der Waals surface area contributed by atoms with Crippen LogP contribution in [0.3, 0.4) is 0 Å². The van der Waals surface area contributed by atoms with Gasteiger partial charge in [0.1, 0.15) is 0 Å². The van der Waals surface area contributed by atoms with Crippen molar-refractivity contribution in [1.82, 2.24) is 20.1 Å². The number of hydrogen-bond acceptors (Lipinski definition) is 6. The van der Waals surface area contributed by atoms with Crippen molar-refractivity contribution in [2.45, 2.75) is 6.54 Å². The van der Waals surface area contributed by atoms with Gasteiger partial charge in [-0.1, -0.05) is 35.9 Å². The summed E-state index contributed by atoms with van der Waals surface area (Å²) in [4.78, 5) is 19.5. The van der Waals surface area contributed by atoms with E-state index in [4.69, 9.17) is 11.6 Å². The van der Waals surface area contributed by atoms with Gasteiger partial charge in [-0.15, -0.1) is 0 Å². The summed E-state index contributed by atoms with van der Waals surface area (Å²) in [5, 5.41) is 10.8. The standard InChI is InChI=1S/C26H24ClN5O3S/c27-22-6-2-4-20(16-22)25-29-24(30-31-25)19-7-9-23(10-8-19)28-26(33)21-5-1-3-18(15-21)17-32-11-13-36(34,35)14-12-32/h1-10,15-16H,11-14,17H2,(H,28,33)(H,29,30,31). The van der Waals surface area contributed by atoms with Crippen LogP contribution in [0.15, 0.2) is 72.8 Å². The predicted octanol–water partition coefficient (Wildman–Crippen LogP) is 4.27. The summed E-state index contributed by atoms with van der Waals surface area (Å²) in [6.07, 6.45) is 0. The Morgan fingerprint density at radius 1 is 0.972 bits per heavy atom. The Morgan fingerprint density at radius 2 is 1.72 bits per heavy atom. The summed E-state index contributed by atoms with van der Waals surface area (Å²) in [5.74, 6) is 1.31. The number of aromatic amines is 1. The van der Waals surface area contributed by atoms with Gasteiger partial charge in [0.05, 0.1) is 11.5 Å². The zero-order chi connectivity index (χ0) is 25.1. The van der Waals surface area contributed by atoms with E-state index in [0.29, 0.717) is 47.6 Å². The predicted molar refractivity (Wildman–Crippen MR) is 141 cm³/mol. The Morgan fingerprint density at radius 3 is 2.47 bits per heavy atom. The molecule has 0 saturated carbocycles.